The van der Waals surface area contributed by atoms with Crippen molar-refractivity contribution < 1.29 is 0 Å². The van der Waals surface area contributed by atoms with E-state index in [1.807, 2.05) is 6.07 Å². The summed E-state index contributed by atoms with van der Waals surface area (Å²) in [7, 11) is 2.14. The van der Waals surface area contributed by atoms with Crippen LogP contribution in [0.1, 0.15) is 20.3 Å². The summed E-state index contributed by atoms with van der Waals surface area (Å²) in [5.41, 5.74) is 7.87. The van der Waals surface area contributed by atoms with E-state index in [1.165, 1.54) is 0 Å². The highest BCUT2D eigenvalue weighted by Gasteiger charge is 2.10. The van der Waals surface area contributed by atoms with Gasteiger partial charge in [-0.25, -0.2) is 4.98 Å². The number of nitrogens with two attached hydrogens (primary N) is 1. The predicted octanol–water partition coefficient (Wildman–Crippen LogP) is 1.74. The van der Waals surface area contributed by atoms with E-state index in [9.17, 15) is 0 Å². The topological polar surface area (TPSA) is 60.0 Å². The molecule has 5 nitrogen and oxygen atoms in total. The molecule has 0 saturated heterocycles. The minimum Gasteiger partial charge on any atom is -0.369 e. The summed E-state index contributed by atoms with van der Waals surface area (Å²) in [6.07, 6.45) is 4.68. The lowest BCUT2D eigenvalue weighted by Crippen LogP contribution is -2.31. The molecule has 0 spiro atoms. The van der Waals surface area contributed by atoms with Crippen molar-refractivity contribution in [1.29, 1.82) is 0 Å². The van der Waals surface area contributed by atoms with Gasteiger partial charge in [-0.1, -0.05) is 6.92 Å². The van der Waals surface area contributed by atoms with Crippen LogP contribution in [-0.4, -0.2) is 39.1 Å². The molecule has 0 aromatic carbocycles. The molecule has 1 unspecified atom stereocenters. The van der Waals surface area contributed by atoms with E-state index in [2.05, 4.69) is 40.3 Å². The number of imidazole rings is 1. The van der Waals surface area contributed by atoms with E-state index < -0.39 is 0 Å². The highest BCUT2D eigenvalue weighted by Crippen LogP contribution is 2.16. The molecular weight excluding hydrogens is 226 g/mol. The van der Waals surface area contributed by atoms with Crippen LogP contribution in [0.15, 0.2) is 18.5 Å². The highest BCUT2D eigenvalue weighted by molar-refractivity contribution is 5.76. The first-order valence-electron chi connectivity index (χ1n) is 6.39. The smallest absolute Gasteiger partial charge is 0.201 e. The molecule has 0 bridgehead atoms. The Morgan fingerprint density at radius 2 is 2.28 bits per heavy atom. The van der Waals surface area contributed by atoms with Crippen molar-refractivity contribution in [2.45, 2.75) is 32.9 Å². The Hall–Kier alpha value is -1.62. The van der Waals surface area contributed by atoms with Gasteiger partial charge < -0.3 is 15.2 Å². The molecule has 0 amide bonds. The maximum atomic E-state index is 5.95. The van der Waals surface area contributed by atoms with Gasteiger partial charge in [0.1, 0.15) is 5.52 Å². The third-order valence-electron chi connectivity index (χ3n) is 3.60. The van der Waals surface area contributed by atoms with Gasteiger partial charge in [0.2, 0.25) is 5.95 Å². The summed E-state index contributed by atoms with van der Waals surface area (Å²) in [4.78, 5) is 10.7. The molecule has 0 radical (unpaired) electrons. The normalized spacial score (nSPS) is 13.3. The molecule has 1 atom stereocenters. The molecule has 0 fully saturated rings. The largest absolute Gasteiger partial charge is 0.369 e. The molecule has 0 aliphatic carbocycles. The van der Waals surface area contributed by atoms with Crippen molar-refractivity contribution in [3.63, 3.8) is 0 Å². The molecule has 2 heterocycles. The number of nitrogens with zero attached hydrogens (tertiary/aromatic N) is 4. The molecule has 0 aliphatic heterocycles. The Kier molecular flexibility index (Phi) is 3.81. The first-order valence-corrected chi connectivity index (χ1v) is 6.39. The van der Waals surface area contributed by atoms with E-state index in [1.54, 1.807) is 12.4 Å². The summed E-state index contributed by atoms with van der Waals surface area (Å²) < 4.78 is 2.05. The zero-order valence-corrected chi connectivity index (χ0v) is 11.3. The molecular formula is C13H21N5. The van der Waals surface area contributed by atoms with Crippen LogP contribution in [0, 0.1) is 0 Å². The third kappa shape index (κ3) is 2.46. The fraction of sp³-hybridized carbons (Fsp3) is 0.538. The summed E-state index contributed by atoms with van der Waals surface area (Å²) in [5.74, 6) is 0.565. The molecule has 0 saturated carbocycles. The van der Waals surface area contributed by atoms with Gasteiger partial charge in [-0.15, -0.1) is 0 Å². The summed E-state index contributed by atoms with van der Waals surface area (Å²) >= 11 is 0. The molecule has 98 valence electrons. The van der Waals surface area contributed by atoms with Gasteiger partial charge in [-0.05, 0) is 26.5 Å². The van der Waals surface area contributed by atoms with Crippen molar-refractivity contribution in [2.24, 2.45) is 0 Å². The van der Waals surface area contributed by atoms with Crippen LogP contribution in [0.3, 0.4) is 0 Å². The van der Waals surface area contributed by atoms with E-state index in [-0.39, 0.29) is 0 Å². The van der Waals surface area contributed by atoms with E-state index in [0.29, 0.717) is 12.0 Å². The van der Waals surface area contributed by atoms with Crippen LogP contribution in [0.25, 0.3) is 11.0 Å². The summed E-state index contributed by atoms with van der Waals surface area (Å²) in [6, 6.07) is 2.55. The average Bonchev–Trinajstić information content (AvgIpc) is 2.70. The van der Waals surface area contributed by atoms with E-state index >= 15 is 0 Å². The zero-order chi connectivity index (χ0) is 13.1. The fourth-order valence-electron chi connectivity index (χ4n) is 2.03. The van der Waals surface area contributed by atoms with Crippen LogP contribution >= 0.6 is 0 Å². The first kappa shape index (κ1) is 12.8. The lowest BCUT2D eigenvalue weighted by atomic mass is 10.2. The quantitative estimate of drug-likeness (QED) is 0.874. The third-order valence-corrected chi connectivity index (χ3v) is 3.60. The number of likely N-dealkylation sites (N-methyl/N-ethyl adjacent to an activating group) is 1. The minimum atomic E-state index is 0.565. The van der Waals surface area contributed by atoms with Crippen LogP contribution in [0.2, 0.25) is 0 Å². The number of fused-ring (bicyclic) bond motifs is 1. The number of pyridine rings is 1. The molecule has 2 N–H and O–H groups in total. The number of aromatic nitrogens is 3. The second kappa shape index (κ2) is 5.35. The van der Waals surface area contributed by atoms with Gasteiger partial charge in [0.25, 0.3) is 0 Å². The van der Waals surface area contributed by atoms with Gasteiger partial charge in [-0.3, -0.25) is 4.98 Å². The Labute approximate surface area is 108 Å². The number of rotatable bonds is 5. The van der Waals surface area contributed by atoms with Crippen LogP contribution in [0.4, 0.5) is 5.95 Å². The van der Waals surface area contributed by atoms with Crippen molar-refractivity contribution in [3.8, 4) is 0 Å². The molecule has 5 heteroatoms. The lowest BCUT2D eigenvalue weighted by Gasteiger charge is -2.23. The Balaban J connectivity index is 2.14. The summed E-state index contributed by atoms with van der Waals surface area (Å²) in [5, 5.41) is 0. The molecule has 18 heavy (non-hydrogen) atoms. The van der Waals surface area contributed by atoms with Crippen molar-refractivity contribution in [1.82, 2.24) is 19.4 Å². The monoisotopic (exact) mass is 247 g/mol. The predicted molar refractivity (Wildman–Crippen MR) is 74.3 cm³/mol. The SMILES string of the molecule is CCC(C)N(C)CCn1c(N)nc2cnccc21. The second-order valence-electron chi connectivity index (χ2n) is 4.72. The maximum Gasteiger partial charge on any atom is 0.201 e. The Bertz CT molecular complexity index is 519. The van der Waals surface area contributed by atoms with E-state index in [0.717, 1.165) is 30.5 Å². The van der Waals surface area contributed by atoms with Crippen molar-refractivity contribution >= 4 is 17.0 Å². The van der Waals surface area contributed by atoms with Crippen molar-refractivity contribution in [2.75, 3.05) is 19.3 Å². The Morgan fingerprint density at radius 3 is 3.00 bits per heavy atom. The zero-order valence-electron chi connectivity index (χ0n) is 11.3. The Morgan fingerprint density at radius 1 is 1.50 bits per heavy atom. The number of hydrogen-bond donors (Lipinski definition) is 1. The molecule has 2 rings (SSSR count). The van der Waals surface area contributed by atoms with Gasteiger partial charge in [0.15, 0.2) is 0 Å². The average molecular weight is 247 g/mol. The maximum absolute atomic E-state index is 5.95. The fourth-order valence-corrected chi connectivity index (χ4v) is 2.03. The molecule has 0 aliphatic rings. The van der Waals surface area contributed by atoms with Gasteiger partial charge in [0, 0.05) is 25.3 Å². The van der Waals surface area contributed by atoms with Crippen molar-refractivity contribution in [3.05, 3.63) is 18.5 Å². The van der Waals surface area contributed by atoms with Gasteiger partial charge >= 0.3 is 0 Å². The molecule has 2 aromatic rings. The van der Waals surface area contributed by atoms with Crippen LogP contribution in [0.5, 0.6) is 0 Å². The minimum absolute atomic E-state index is 0.565. The number of anilines is 1. The number of nitrogen functional groups attached to an aromatic ring is 1. The van der Waals surface area contributed by atoms with E-state index in [4.69, 9.17) is 5.73 Å². The van der Waals surface area contributed by atoms with Gasteiger partial charge in [-0.2, -0.15) is 0 Å². The first-order chi connectivity index (χ1) is 8.63. The lowest BCUT2D eigenvalue weighted by molar-refractivity contribution is 0.244. The van der Waals surface area contributed by atoms with Gasteiger partial charge in [0.05, 0.1) is 11.7 Å². The van der Waals surface area contributed by atoms with Crippen LogP contribution in [-0.2, 0) is 6.54 Å². The summed E-state index contributed by atoms with van der Waals surface area (Å²) in [6.45, 7) is 6.26. The van der Waals surface area contributed by atoms with Crippen LogP contribution < -0.4 is 5.73 Å². The standard InChI is InChI=1S/C13H21N5/c1-4-10(2)17(3)7-8-18-12-5-6-15-9-11(12)16-13(18)14/h5-6,9-10H,4,7-8H2,1-3H3,(H2,14,16). The highest BCUT2D eigenvalue weighted by atomic mass is 15.2. The number of hydrogen-bond acceptors (Lipinski definition) is 4. The molecule has 2 aromatic heterocycles. The second-order valence-corrected chi connectivity index (χ2v) is 4.72.